The summed E-state index contributed by atoms with van der Waals surface area (Å²) in [6, 6.07) is 0. The predicted molar refractivity (Wildman–Crippen MR) is 49.4 cm³/mol. The van der Waals surface area contributed by atoms with E-state index in [1.807, 2.05) is 5.92 Å². The third-order valence-electron chi connectivity index (χ3n) is 2.08. The van der Waals surface area contributed by atoms with Crippen LogP contribution in [-0.4, -0.2) is 6.18 Å². The van der Waals surface area contributed by atoms with E-state index in [4.69, 9.17) is 0 Å². The normalized spacial score (nSPS) is 21.4. The summed E-state index contributed by atoms with van der Waals surface area (Å²) in [5.41, 5.74) is -0.288. The summed E-state index contributed by atoms with van der Waals surface area (Å²) < 4.78 is 51.1. The molecule has 0 aromatic heterocycles. The third-order valence-corrected chi connectivity index (χ3v) is 2.08. The second kappa shape index (κ2) is 4.09. The van der Waals surface area contributed by atoms with Crippen LogP contribution in [0, 0.1) is 23.7 Å². The molecule has 0 saturated carbocycles. The van der Waals surface area contributed by atoms with Crippen molar-refractivity contribution in [2.45, 2.75) is 20.0 Å². The van der Waals surface area contributed by atoms with Gasteiger partial charge in [0.1, 0.15) is 11.7 Å². The van der Waals surface area contributed by atoms with Crippen LogP contribution in [0.4, 0.5) is 17.6 Å². The van der Waals surface area contributed by atoms with E-state index < -0.39 is 23.8 Å². The maximum Gasteiger partial charge on any atom is 0.406 e. The monoisotopic (exact) mass is 218 g/mol. The van der Waals surface area contributed by atoms with Crippen molar-refractivity contribution >= 4 is 0 Å². The van der Waals surface area contributed by atoms with Crippen molar-refractivity contribution in [3.05, 3.63) is 23.6 Å². The molecule has 0 saturated heterocycles. The molecule has 0 radical (unpaired) electrons. The summed E-state index contributed by atoms with van der Waals surface area (Å²) in [6.07, 6.45) is -2.44. The lowest BCUT2D eigenvalue weighted by Crippen LogP contribution is -2.26. The molecule has 0 N–H and O–H groups in total. The van der Waals surface area contributed by atoms with Crippen LogP contribution in [-0.2, 0) is 0 Å². The first-order chi connectivity index (χ1) is 6.84. The minimum absolute atomic E-state index is 0.288. The van der Waals surface area contributed by atoms with Crippen molar-refractivity contribution < 1.29 is 17.6 Å². The largest absolute Gasteiger partial charge is 0.406 e. The van der Waals surface area contributed by atoms with E-state index in [0.717, 1.165) is 12.2 Å². The van der Waals surface area contributed by atoms with Gasteiger partial charge in [-0.1, -0.05) is 25.7 Å². The average molecular weight is 218 g/mol. The fourth-order valence-corrected chi connectivity index (χ4v) is 1.43. The molecule has 0 fully saturated rings. The van der Waals surface area contributed by atoms with Gasteiger partial charge < -0.3 is 0 Å². The van der Waals surface area contributed by atoms with Gasteiger partial charge in [0.2, 0.25) is 0 Å². The molecule has 82 valence electrons. The highest BCUT2D eigenvalue weighted by Crippen LogP contribution is 2.37. The molecule has 4 heteroatoms. The molecule has 0 bridgehead atoms. The van der Waals surface area contributed by atoms with Gasteiger partial charge in [0.25, 0.3) is 0 Å². The zero-order valence-electron chi connectivity index (χ0n) is 8.32. The lowest BCUT2D eigenvalue weighted by molar-refractivity contribution is -0.150. The van der Waals surface area contributed by atoms with E-state index in [-0.39, 0.29) is 5.57 Å². The topological polar surface area (TPSA) is 0 Å². The smallest absolute Gasteiger partial charge is 0.207 e. The molecule has 15 heavy (non-hydrogen) atoms. The molecule has 1 aliphatic carbocycles. The van der Waals surface area contributed by atoms with E-state index >= 15 is 0 Å². The molecule has 1 unspecified atom stereocenters. The minimum Gasteiger partial charge on any atom is -0.207 e. The molecule has 1 aliphatic rings. The highest BCUT2D eigenvalue weighted by atomic mass is 19.4. The molecular weight excluding hydrogens is 208 g/mol. The van der Waals surface area contributed by atoms with Crippen molar-refractivity contribution in [2.75, 3.05) is 0 Å². The zero-order valence-corrected chi connectivity index (χ0v) is 8.32. The quantitative estimate of drug-likeness (QED) is 0.465. The van der Waals surface area contributed by atoms with Crippen LogP contribution >= 0.6 is 0 Å². The van der Waals surface area contributed by atoms with E-state index in [1.165, 1.54) is 13.8 Å². The van der Waals surface area contributed by atoms with Crippen molar-refractivity contribution in [3.8, 4) is 11.8 Å². The van der Waals surface area contributed by atoms with Gasteiger partial charge in [-0.05, 0) is 23.6 Å². The number of rotatable bonds is 1. The standard InChI is InChI=1S/C11H10F4/c1-7(2)10-8(11(13,14)15)5-3-4-6-9(10)12/h4,6-8H,1-2H3. The molecule has 0 amide bonds. The van der Waals surface area contributed by atoms with Crippen molar-refractivity contribution in [1.82, 2.24) is 0 Å². The predicted octanol–water partition coefficient (Wildman–Crippen LogP) is 3.62. The van der Waals surface area contributed by atoms with Crippen LogP contribution in [0.15, 0.2) is 23.6 Å². The van der Waals surface area contributed by atoms with Crippen LogP contribution in [0.3, 0.4) is 0 Å². The molecule has 0 aromatic carbocycles. The van der Waals surface area contributed by atoms with Gasteiger partial charge in [-0.25, -0.2) is 4.39 Å². The van der Waals surface area contributed by atoms with Gasteiger partial charge in [-0.3, -0.25) is 0 Å². The SMILES string of the molecule is CC(C)C1=C(F)C=CC#CC1C(F)(F)F. The molecule has 1 rings (SSSR count). The zero-order chi connectivity index (χ0) is 11.6. The lowest BCUT2D eigenvalue weighted by Gasteiger charge is -2.21. The van der Waals surface area contributed by atoms with Crippen molar-refractivity contribution in [1.29, 1.82) is 0 Å². The first kappa shape index (κ1) is 11.8. The summed E-state index contributed by atoms with van der Waals surface area (Å²) in [4.78, 5) is 0. The van der Waals surface area contributed by atoms with Crippen LogP contribution in [0.2, 0.25) is 0 Å². The third kappa shape index (κ3) is 2.62. The van der Waals surface area contributed by atoms with Gasteiger partial charge in [-0.2, -0.15) is 13.2 Å². The van der Waals surface area contributed by atoms with Gasteiger partial charge in [0.15, 0.2) is 0 Å². The Morgan fingerprint density at radius 3 is 2.40 bits per heavy atom. The molecule has 1 atom stereocenters. The second-order valence-electron chi connectivity index (χ2n) is 3.55. The maximum atomic E-state index is 13.4. The van der Waals surface area contributed by atoms with Crippen LogP contribution in [0.1, 0.15) is 13.8 Å². The minimum atomic E-state index is -4.52. The Hall–Kier alpha value is -1.24. The Morgan fingerprint density at radius 2 is 1.93 bits per heavy atom. The number of allylic oxidation sites excluding steroid dienone is 4. The lowest BCUT2D eigenvalue weighted by atomic mass is 9.89. The van der Waals surface area contributed by atoms with E-state index in [1.54, 1.807) is 0 Å². The average Bonchev–Trinajstić information content (AvgIpc) is 2.24. The summed E-state index contributed by atoms with van der Waals surface area (Å²) >= 11 is 0. The summed E-state index contributed by atoms with van der Waals surface area (Å²) in [7, 11) is 0. The Balaban J connectivity index is 3.23. The van der Waals surface area contributed by atoms with Crippen molar-refractivity contribution in [2.24, 2.45) is 11.8 Å². The van der Waals surface area contributed by atoms with E-state index in [9.17, 15) is 17.6 Å². The Labute approximate surface area is 85.7 Å². The molecule has 0 nitrogen and oxygen atoms in total. The maximum absolute atomic E-state index is 13.4. The summed E-state index contributed by atoms with van der Waals surface area (Å²) in [6.45, 7) is 3.04. The fraction of sp³-hybridized carbons (Fsp3) is 0.455. The van der Waals surface area contributed by atoms with Crippen LogP contribution in [0.5, 0.6) is 0 Å². The molecule has 0 aromatic rings. The van der Waals surface area contributed by atoms with Gasteiger partial charge in [0, 0.05) is 0 Å². The number of hydrogen-bond donors (Lipinski definition) is 0. The first-order valence-electron chi connectivity index (χ1n) is 4.48. The Kier molecular flexibility index (Phi) is 3.23. The first-order valence-corrected chi connectivity index (χ1v) is 4.48. The van der Waals surface area contributed by atoms with Crippen LogP contribution < -0.4 is 0 Å². The number of hydrogen-bond acceptors (Lipinski definition) is 0. The number of alkyl halides is 3. The van der Waals surface area contributed by atoms with Gasteiger partial charge >= 0.3 is 6.18 Å². The van der Waals surface area contributed by atoms with Gasteiger partial charge in [0.05, 0.1) is 0 Å². The van der Waals surface area contributed by atoms with Crippen LogP contribution in [0.25, 0.3) is 0 Å². The van der Waals surface area contributed by atoms with Crippen molar-refractivity contribution in [3.63, 3.8) is 0 Å². The fourth-order valence-electron chi connectivity index (χ4n) is 1.43. The molecule has 0 heterocycles. The Morgan fingerprint density at radius 1 is 1.33 bits per heavy atom. The Bertz CT molecular complexity index is 360. The highest BCUT2D eigenvalue weighted by Gasteiger charge is 2.43. The summed E-state index contributed by atoms with van der Waals surface area (Å²) in [5.74, 6) is 0.855. The van der Waals surface area contributed by atoms with E-state index in [2.05, 4.69) is 5.92 Å². The van der Waals surface area contributed by atoms with E-state index in [0.29, 0.717) is 0 Å². The summed E-state index contributed by atoms with van der Waals surface area (Å²) in [5, 5.41) is 0. The van der Waals surface area contributed by atoms with Gasteiger partial charge in [-0.15, -0.1) is 0 Å². The molecular formula is C11H10F4. The molecule has 0 aliphatic heterocycles. The second-order valence-corrected chi connectivity index (χ2v) is 3.55. The highest BCUT2D eigenvalue weighted by molar-refractivity contribution is 5.37. The number of halogens is 4. The molecule has 0 spiro atoms.